The molecule has 0 unspecified atom stereocenters. The number of thiophene rings is 1. The fraction of sp³-hybridized carbons (Fsp3) is 0.533. The van der Waals surface area contributed by atoms with E-state index < -0.39 is 5.60 Å². The number of hydrogen-bond donors (Lipinski definition) is 2. The van der Waals surface area contributed by atoms with Gasteiger partial charge < -0.3 is 10.4 Å². The number of carbonyl (C=O) groups excluding carboxylic acids is 1. The number of carbonyl (C=O) groups is 1. The average molecular weight is 322 g/mol. The Balaban J connectivity index is 2.12. The molecule has 0 saturated carbocycles. The third-order valence-corrected chi connectivity index (χ3v) is 3.84. The van der Waals surface area contributed by atoms with Crippen molar-refractivity contribution in [3.05, 3.63) is 34.0 Å². The van der Waals surface area contributed by atoms with Crippen molar-refractivity contribution in [3.8, 4) is 0 Å². The van der Waals surface area contributed by atoms with Gasteiger partial charge in [0.05, 0.1) is 12.1 Å². The van der Waals surface area contributed by atoms with Crippen molar-refractivity contribution in [2.24, 2.45) is 0 Å². The van der Waals surface area contributed by atoms with Crippen LogP contribution in [0.15, 0.2) is 17.5 Å². The van der Waals surface area contributed by atoms with Crippen molar-refractivity contribution in [2.45, 2.75) is 45.8 Å². The highest BCUT2D eigenvalue weighted by molar-refractivity contribution is 7.09. The molecule has 2 aromatic heterocycles. The highest BCUT2D eigenvalue weighted by Gasteiger charge is 2.18. The molecular formula is C15H22N4O2S. The van der Waals surface area contributed by atoms with Crippen LogP contribution in [0.3, 0.4) is 0 Å². The molecule has 0 aliphatic carbocycles. The van der Waals surface area contributed by atoms with Crippen molar-refractivity contribution >= 4 is 17.2 Å². The number of aliphatic hydroxyl groups is 1. The van der Waals surface area contributed by atoms with Crippen LogP contribution in [0.2, 0.25) is 0 Å². The summed E-state index contributed by atoms with van der Waals surface area (Å²) < 4.78 is 1.74. The lowest BCUT2D eigenvalue weighted by Crippen LogP contribution is -2.29. The average Bonchev–Trinajstić information content (AvgIpc) is 2.98. The van der Waals surface area contributed by atoms with E-state index in [1.54, 1.807) is 29.9 Å². The molecular weight excluding hydrogens is 300 g/mol. The summed E-state index contributed by atoms with van der Waals surface area (Å²) in [6, 6.07) is 4.06. The first-order valence-corrected chi connectivity index (χ1v) is 8.13. The third kappa shape index (κ3) is 5.23. The molecule has 2 aromatic rings. The SMILES string of the molecule is CC(=O)NCCc1nc(Cc2cccs2)nn1CC(C)(C)O. The Hall–Kier alpha value is -1.73. The monoisotopic (exact) mass is 322 g/mol. The molecule has 0 aliphatic rings. The molecule has 0 bridgehead atoms. The Labute approximate surface area is 134 Å². The summed E-state index contributed by atoms with van der Waals surface area (Å²) in [6.45, 7) is 5.86. The van der Waals surface area contributed by atoms with Gasteiger partial charge in [0.15, 0.2) is 5.82 Å². The maximum atomic E-state index is 11.0. The summed E-state index contributed by atoms with van der Waals surface area (Å²) in [7, 11) is 0. The van der Waals surface area contributed by atoms with E-state index in [1.165, 1.54) is 11.8 Å². The summed E-state index contributed by atoms with van der Waals surface area (Å²) >= 11 is 1.67. The predicted molar refractivity (Wildman–Crippen MR) is 85.8 cm³/mol. The van der Waals surface area contributed by atoms with Gasteiger partial charge in [0.1, 0.15) is 5.82 Å². The minimum Gasteiger partial charge on any atom is -0.389 e. The second-order valence-electron chi connectivity index (χ2n) is 5.90. The summed E-state index contributed by atoms with van der Waals surface area (Å²) in [5.74, 6) is 1.46. The van der Waals surface area contributed by atoms with Gasteiger partial charge in [-0.05, 0) is 25.3 Å². The Kier molecular flexibility index (Phi) is 5.31. The van der Waals surface area contributed by atoms with Crippen molar-refractivity contribution in [1.29, 1.82) is 0 Å². The zero-order valence-electron chi connectivity index (χ0n) is 13.2. The topological polar surface area (TPSA) is 80.0 Å². The molecule has 2 rings (SSSR count). The van der Waals surface area contributed by atoms with Crippen molar-refractivity contribution in [3.63, 3.8) is 0 Å². The zero-order chi connectivity index (χ0) is 16.2. The number of hydrogen-bond acceptors (Lipinski definition) is 5. The van der Waals surface area contributed by atoms with Crippen LogP contribution in [0, 0.1) is 0 Å². The summed E-state index contributed by atoms with van der Waals surface area (Å²) in [5.41, 5.74) is -0.864. The number of nitrogens with one attached hydrogen (secondary N) is 1. The summed E-state index contributed by atoms with van der Waals surface area (Å²) in [6.07, 6.45) is 1.27. The van der Waals surface area contributed by atoms with Gasteiger partial charge in [-0.3, -0.25) is 4.79 Å². The lowest BCUT2D eigenvalue weighted by Gasteiger charge is -2.18. The van der Waals surface area contributed by atoms with Crippen molar-refractivity contribution in [1.82, 2.24) is 20.1 Å². The first-order chi connectivity index (χ1) is 10.3. The van der Waals surface area contributed by atoms with E-state index in [9.17, 15) is 9.90 Å². The minimum atomic E-state index is -0.864. The zero-order valence-corrected chi connectivity index (χ0v) is 14.0. The van der Waals surface area contributed by atoms with Gasteiger partial charge in [-0.2, -0.15) is 5.10 Å². The first-order valence-electron chi connectivity index (χ1n) is 7.25. The molecule has 0 fully saturated rings. The van der Waals surface area contributed by atoms with E-state index in [2.05, 4.69) is 21.5 Å². The Morgan fingerprint density at radius 1 is 1.50 bits per heavy atom. The second-order valence-corrected chi connectivity index (χ2v) is 6.94. The van der Waals surface area contributed by atoms with Gasteiger partial charge >= 0.3 is 0 Å². The van der Waals surface area contributed by atoms with Gasteiger partial charge in [-0.1, -0.05) is 6.07 Å². The molecule has 1 amide bonds. The van der Waals surface area contributed by atoms with Crippen LogP contribution in [0.1, 0.15) is 37.3 Å². The molecule has 22 heavy (non-hydrogen) atoms. The van der Waals surface area contributed by atoms with E-state index in [1.807, 2.05) is 11.4 Å². The maximum absolute atomic E-state index is 11.0. The first kappa shape index (κ1) is 16.6. The van der Waals surface area contributed by atoms with E-state index in [0.29, 0.717) is 25.9 Å². The lowest BCUT2D eigenvalue weighted by molar-refractivity contribution is -0.118. The number of nitrogens with zero attached hydrogens (tertiary/aromatic N) is 3. The standard InChI is InChI=1S/C15H22N4O2S/c1-11(20)16-7-6-14-17-13(9-12-5-4-8-22-12)18-19(14)10-15(2,3)21/h4-5,8,21H,6-7,9-10H2,1-3H3,(H,16,20). The molecule has 0 radical (unpaired) electrons. The summed E-state index contributed by atoms with van der Waals surface area (Å²) in [4.78, 5) is 16.7. The van der Waals surface area contributed by atoms with Crippen LogP contribution in [0.5, 0.6) is 0 Å². The molecule has 2 heterocycles. The predicted octanol–water partition coefficient (Wildman–Crippen LogP) is 1.38. The van der Waals surface area contributed by atoms with Gasteiger partial charge in [0.25, 0.3) is 0 Å². The molecule has 2 N–H and O–H groups in total. The van der Waals surface area contributed by atoms with E-state index in [0.717, 1.165) is 11.6 Å². The molecule has 0 aliphatic heterocycles. The minimum absolute atomic E-state index is 0.0626. The van der Waals surface area contributed by atoms with Gasteiger partial charge in [0, 0.05) is 31.2 Å². The Morgan fingerprint density at radius 3 is 2.86 bits per heavy atom. The normalized spacial score (nSPS) is 11.6. The van der Waals surface area contributed by atoms with Gasteiger partial charge in [-0.15, -0.1) is 11.3 Å². The highest BCUT2D eigenvalue weighted by atomic mass is 32.1. The van der Waals surface area contributed by atoms with Crippen LogP contribution in [0.4, 0.5) is 0 Å². The van der Waals surface area contributed by atoms with Gasteiger partial charge in [0.2, 0.25) is 5.91 Å². The van der Waals surface area contributed by atoms with Crippen LogP contribution >= 0.6 is 11.3 Å². The molecule has 6 nitrogen and oxygen atoms in total. The maximum Gasteiger partial charge on any atom is 0.216 e. The Morgan fingerprint density at radius 2 is 2.27 bits per heavy atom. The molecule has 7 heteroatoms. The molecule has 120 valence electrons. The summed E-state index contributed by atoms with van der Waals surface area (Å²) in [5, 5.41) is 19.3. The van der Waals surface area contributed by atoms with E-state index >= 15 is 0 Å². The lowest BCUT2D eigenvalue weighted by atomic mass is 10.1. The largest absolute Gasteiger partial charge is 0.389 e. The second kappa shape index (κ2) is 7.02. The van der Waals surface area contributed by atoms with E-state index in [4.69, 9.17) is 0 Å². The number of rotatable bonds is 7. The number of aromatic nitrogens is 3. The van der Waals surface area contributed by atoms with Crippen molar-refractivity contribution in [2.75, 3.05) is 6.54 Å². The van der Waals surface area contributed by atoms with E-state index in [-0.39, 0.29) is 5.91 Å². The third-order valence-electron chi connectivity index (χ3n) is 2.96. The highest BCUT2D eigenvalue weighted by Crippen LogP contribution is 2.14. The van der Waals surface area contributed by atoms with Crippen LogP contribution in [0.25, 0.3) is 0 Å². The quantitative estimate of drug-likeness (QED) is 0.807. The van der Waals surface area contributed by atoms with Crippen LogP contribution in [-0.4, -0.2) is 37.9 Å². The smallest absolute Gasteiger partial charge is 0.216 e. The fourth-order valence-electron chi connectivity index (χ4n) is 2.10. The number of amides is 1. The fourth-order valence-corrected chi connectivity index (χ4v) is 2.80. The molecule has 0 saturated heterocycles. The molecule has 0 atom stereocenters. The molecule has 0 aromatic carbocycles. The van der Waals surface area contributed by atoms with Crippen LogP contribution < -0.4 is 5.32 Å². The van der Waals surface area contributed by atoms with Crippen LogP contribution in [-0.2, 0) is 24.2 Å². The van der Waals surface area contributed by atoms with Crippen molar-refractivity contribution < 1.29 is 9.90 Å². The van der Waals surface area contributed by atoms with Gasteiger partial charge in [-0.25, -0.2) is 9.67 Å². The molecule has 0 spiro atoms. The Bertz CT molecular complexity index is 614.